The number of nitrogens with one attached hydrogen (secondary N) is 2. The smallest absolute Gasteiger partial charge is 0.444 e. The van der Waals surface area contributed by atoms with Crippen LogP contribution in [-0.4, -0.2) is 58.9 Å². The highest BCUT2D eigenvalue weighted by Gasteiger charge is 2.51. The Morgan fingerprint density at radius 3 is 2.37 bits per heavy atom. The van der Waals surface area contributed by atoms with Gasteiger partial charge in [-0.2, -0.15) is 0 Å². The Morgan fingerprint density at radius 1 is 1.02 bits per heavy atom. The monoisotopic (exact) mass is 559 g/mol. The van der Waals surface area contributed by atoms with Crippen LogP contribution in [-0.2, 0) is 20.6 Å². The molecule has 0 unspecified atom stereocenters. The van der Waals surface area contributed by atoms with Crippen molar-refractivity contribution in [1.29, 1.82) is 0 Å². The number of H-pyrrole nitrogens is 1. The van der Waals surface area contributed by atoms with E-state index in [-0.39, 0.29) is 5.91 Å². The first-order chi connectivity index (χ1) is 19.2. The number of carbonyl (C=O) groups excluding carboxylic acids is 2. The summed E-state index contributed by atoms with van der Waals surface area (Å²) in [6, 6.07) is 16.3. The summed E-state index contributed by atoms with van der Waals surface area (Å²) in [6.45, 7) is 15.5. The van der Waals surface area contributed by atoms with Gasteiger partial charge in [0.2, 0.25) is 0 Å². The summed E-state index contributed by atoms with van der Waals surface area (Å²) in [6.07, 6.45) is 1.36. The Kier molecular flexibility index (Phi) is 7.72. The standard InChI is InChI=1S/C32H42BN3O5/c1-30(2,3)39-29(38)34-20-21-9-8-10-23(17-21)22-13-15-36(16-14-22)28(37)27-19-24-18-25(11-12-26(24)35-27)33-40-31(4,5)32(6,7)41-33/h8-12,17-19,22,35H,13-16,20H2,1-7H3,(H,34,38). The van der Waals surface area contributed by atoms with E-state index < -0.39 is 30.0 Å². The van der Waals surface area contributed by atoms with E-state index in [4.69, 9.17) is 14.0 Å². The van der Waals surface area contributed by atoms with Crippen molar-refractivity contribution in [2.45, 2.75) is 90.6 Å². The van der Waals surface area contributed by atoms with E-state index in [9.17, 15) is 9.59 Å². The second kappa shape index (κ2) is 10.8. The number of amides is 2. The molecule has 8 nitrogen and oxygen atoms in total. The van der Waals surface area contributed by atoms with Crippen LogP contribution in [0.2, 0.25) is 0 Å². The van der Waals surface area contributed by atoms with Crippen molar-refractivity contribution < 1.29 is 23.6 Å². The molecule has 0 saturated carbocycles. The zero-order valence-corrected chi connectivity index (χ0v) is 25.3. The first-order valence-electron chi connectivity index (χ1n) is 14.5. The third-order valence-corrected chi connectivity index (χ3v) is 8.44. The van der Waals surface area contributed by atoms with Crippen molar-refractivity contribution in [3.63, 3.8) is 0 Å². The van der Waals surface area contributed by atoms with Gasteiger partial charge >= 0.3 is 13.2 Å². The summed E-state index contributed by atoms with van der Waals surface area (Å²) in [5.74, 6) is 0.387. The maximum absolute atomic E-state index is 13.4. The molecule has 9 heteroatoms. The molecule has 3 aromatic rings. The van der Waals surface area contributed by atoms with E-state index in [0.29, 0.717) is 31.2 Å². The quantitative estimate of drug-likeness (QED) is 0.402. The molecule has 0 aliphatic carbocycles. The number of carbonyl (C=O) groups is 2. The van der Waals surface area contributed by atoms with Gasteiger partial charge in [0.05, 0.1) is 11.2 Å². The predicted molar refractivity (Wildman–Crippen MR) is 161 cm³/mol. The molecule has 0 radical (unpaired) electrons. The first-order valence-corrected chi connectivity index (χ1v) is 14.5. The largest absolute Gasteiger partial charge is 0.494 e. The number of nitrogens with zero attached hydrogens (tertiary/aromatic N) is 1. The van der Waals surface area contributed by atoms with Gasteiger partial charge in [0.1, 0.15) is 11.3 Å². The molecule has 2 N–H and O–H groups in total. The first kappa shape index (κ1) is 29.2. The minimum Gasteiger partial charge on any atom is -0.444 e. The highest BCUT2D eigenvalue weighted by molar-refractivity contribution is 6.62. The summed E-state index contributed by atoms with van der Waals surface area (Å²) < 4.78 is 17.8. The average molecular weight is 560 g/mol. The lowest BCUT2D eigenvalue weighted by Crippen LogP contribution is -2.41. The minimum absolute atomic E-state index is 0.0205. The molecule has 41 heavy (non-hydrogen) atoms. The Morgan fingerprint density at radius 2 is 1.71 bits per heavy atom. The van der Waals surface area contributed by atoms with Gasteiger partial charge < -0.3 is 29.2 Å². The Hall–Kier alpha value is -3.30. The molecule has 3 heterocycles. The maximum atomic E-state index is 13.4. The molecule has 2 aliphatic rings. The van der Waals surface area contributed by atoms with Crippen molar-refractivity contribution in [2.24, 2.45) is 0 Å². The number of alkyl carbamates (subject to hydrolysis) is 1. The van der Waals surface area contributed by atoms with E-state index in [1.165, 1.54) is 5.56 Å². The molecule has 2 amide bonds. The van der Waals surface area contributed by atoms with Gasteiger partial charge in [-0.05, 0) is 101 Å². The van der Waals surface area contributed by atoms with Crippen LogP contribution in [0.4, 0.5) is 4.79 Å². The zero-order chi connectivity index (χ0) is 29.6. The van der Waals surface area contributed by atoms with Gasteiger partial charge in [-0.25, -0.2) is 4.79 Å². The van der Waals surface area contributed by atoms with Crippen LogP contribution in [0.5, 0.6) is 0 Å². The molecule has 0 atom stereocenters. The van der Waals surface area contributed by atoms with Gasteiger partial charge in [-0.15, -0.1) is 0 Å². The van der Waals surface area contributed by atoms with Crippen LogP contribution >= 0.6 is 0 Å². The van der Waals surface area contributed by atoms with Gasteiger partial charge in [-0.3, -0.25) is 4.79 Å². The number of likely N-dealkylation sites (tertiary alicyclic amines) is 1. The highest BCUT2D eigenvalue weighted by Crippen LogP contribution is 2.36. The maximum Gasteiger partial charge on any atom is 0.494 e. The average Bonchev–Trinajstić information content (AvgIpc) is 3.43. The fourth-order valence-electron chi connectivity index (χ4n) is 5.42. The van der Waals surface area contributed by atoms with Crippen molar-refractivity contribution >= 4 is 35.5 Å². The lowest BCUT2D eigenvalue weighted by molar-refractivity contribution is 0.00578. The second-order valence-corrected chi connectivity index (χ2v) is 13.3. The summed E-state index contributed by atoms with van der Waals surface area (Å²) in [7, 11) is -0.441. The number of aromatic nitrogens is 1. The van der Waals surface area contributed by atoms with E-state index in [1.54, 1.807) is 0 Å². The lowest BCUT2D eigenvalue weighted by Gasteiger charge is -2.32. The van der Waals surface area contributed by atoms with Gasteiger partial charge in [0.25, 0.3) is 5.91 Å². The van der Waals surface area contributed by atoms with Crippen LogP contribution in [0.3, 0.4) is 0 Å². The molecule has 2 aliphatic heterocycles. The number of benzene rings is 2. The Bertz CT molecular complexity index is 1420. The summed E-state index contributed by atoms with van der Waals surface area (Å²) in [5.41, 5.74) is 3.39. The minimum atomic E-state index is -0.526. The fraction of sp³-hybridized carbons (Fsp3) is 0.500. The fourth-order valence-corrected chi connectivity index (χ4v) is 5.42. The van der Waals surface area contributed by atoms with Gasteiger partial charge in [-0.1, -0.05) is 36.4 Å². The number of piperidine rings is 1. The van der Waals surface area contributed by atoms with Gasteiger partial charge in [0.15, 0.2) is 0 Å². The molecule has 0 bridgehead atoms. The number of rotatable bonds is 5. The molecule has 2 fully saturated rings. The molecular weight excluding hydrogens is 517 g/mol. The van der Waals surface area contributed by atoms with Crippen LogP contribution in [0.25, 0.3) is 10.9 Å². The third kappa shape index (κ3) is 6.46. The van der Waals surface area contributed by atoms with Gasteiger partial charge in [0, 0.05) is 25.2 Å². The van der Waals surface area contributed by atoms with Crippen LogP contribution in [0.15, 0.2) is 48.5 Å². The Labute approximate surface area is 243 Å². The number of hydrogen-bond donors (Lipinski definition) is 2. The SMILES string of the molecule is CC(C)(C)OC(=O)NCc1cccc(C2CCN(C(=O)c3cc4cc(B5OC(C)(C)C(C)(C)O5)ccc4[nH]3)CC2)c1. The van der Waals surface area contributed by atoms with Crippen LogP contribution < -0.4 is 10.8 Å². The predicted octanol–water partition coefficient (Wildman–Crippen LogP) is 5.51. The van der Waals surface area contributed by atoms with E-state index in [0.717, 1.165) is 34.8 Å². The number of aromatic amines is 1. The summed E-state index contributed by atoms with van der Waals surface area (Å²) >= 11 is 0. The van der Waals surface area contributed by atoms with E-state index in [2.05, 4.69) is 22.4 Å². The van der Waals surface area contributed by atoms with Crippen molar-refractivity contribution in [3.8, 4) is 0 Å². The molecule has 0 spiro atoms. The molecule has 218 valence electrons. The molecule has 1 aromatic heterocycles. The highest BCUT2D eigenvalue weighted by atomic mass is 16.7. The number of fused-ring (bicyclic) bond motifs is 1. The Balaban J connectivity index is 1.19. The van der Waals surface area contributed by atoms with Crippen LogP contribution in [0.1, 0.15) is 88.8 Å². The third-order valence-electron chi connectivity index (χ3n) is 8.44. The lowest BCUT2D eigenvalue weighted by atomic mass is 9.79. The zero-order valence-electron chi connectivity index (χ0n) is 25.3. The van der Waals surface area contributed by atoms with Crippen molar-refractivity contribution in [1.82, 2.24) is 15.2 Å². The van der Waals surface area contributed by atoms with E-state index >= 15 is 0 Å². The topological polar surface area (TPSA) is 92.9 Å². The van der Waals surface area contributed by atoms with Crippen molar-refractivity contribution in [2.75, 3.05) is 13.1 Å². The molecule has 2 saturated heterocycles. The molecule has 2 aromatic carbocycles. The van der Waals surface area contributed by atoms with Crippen molar-refractivity contribution in [3.05, 3.63) is 65.4 Å². The number of hydrogen-bond acceptors (Lipinski definition) is 5. The number of ether oxygens (including phenoxy) is 1. The summed E-state index contributed by atoms with van der Waals surface area (Å²) in [4.78, 5) is 30.7. The van der Waals surface area contributed by atoms with E-state index in [1.807, 2.05) is 89.8 Å². The molecular formula is C32H42BN3O5. The normalized spacial score (nSPS) is 19.0. The molecule has 5 rings (SSSR count). The second-order valence-electron chi connectivity index (χ2n) is 13.3. The summed E-state index contributed by atoms with van der Waals surface area (Å²) in [5, 5.41) is 3.80. The van der Waals surface area contributed by atoms with Crippen LogP contribution in [0, 0.1) is 0 Å².